The molecule has 1 amide bonds. The van der Waals surface area contributed by atoms with Gasteiger partial charge in [0.15, 0.2) is 0 Å². The molecular formula is C16H19ClN2O5S. The summed E-state index contributed by atoms with van der Waals surface area (Å²) < 4.78 is 25.6. The van der Waals surface area contributed by atoms with Crippen LogP contribution in [0.1, 0.15) is 12.8 Å². The van der Waals surface area contributed by atoms with Gasteiger partial charge in [0, 0.05) is 19.8 Å². The van der Waals surface area contributed by atoms with Gasteiger partial charge in [-0.15, -0.1) is 0 Å². The van der Waals surface area contributed by atoms with Gasteiger partial charge in [0.1, 0.15) is 4.90 Å². The lowest BCUT2D eigenvalue weighted by atomic mass is 9.82. The van der Waals surface area contributed by atoms with Gasteiger partial charge in [-0.25, -0.2) is 12.7 Å². The first-order valence-corrected chi connectivity index (χ1v) is 9.37. The first-order valence-electron chi connectivity index (χ1n) is 7.55. The molecule has 0 aliphatic heterocycles. The summed E-state index contributed by atoms with van der Waals surface area (Å²) in [7, 11) is -1.01. The van der Waals surface area contributed by atoms with Gasteiger partial charge in [0.25, 0.3) is 0 Å². The summed E-state index contributed by atoms with van der Waals surface area (Å²) >= 11 is 5.97. The Morgan fingerprint density at radius 2 is 1.80 bits per heavy atom. The number of anilines is 1. The van der Waals surface area contributed by atoms with E-state index in [1.54, 1.807) is 12.2 Å². The van der Waals surface area contributed by atoms with Crippen LogP contribution in [0.5, 0.6) is 0 Å². The number of benzene rings is 1. The lowest BCUT2D eigenvalue weighted by Gasteiger charge is -2.24. The van der Waals surface area contributed by atoms with Crippen LogP contribution in [0.15, 0.2) is 35.2 Å². The molecule has 1 aliphatic carbocycles. The number of nitrogens with one attached hydrogen (secondary N) is 1. The molecule has 0 saturated carbocycles. The van der Waals surface area contributed by atoms with E-state index >= 15 is 0 Å². The van der Waals surface area contributed by atoms with Crippen molar-refractivity contribution >= 4 is 39.2 Å². The second-order valence-electron chi connectivity index (χ2n) is 5.92. The van der Waals surface area contributed by atoms with E-state index in [1.165, 1.54) is 32.3 Å². The van der Waals surface area contributed by atoms with Crippen LogP contribution in [0.25, 0.3) is 0 Å². The lowest BCUT2D eigenvalue weighted by Crippen LogP contribution is -2.34. The van der Waals surface area contributed by atoms with Crippen LogP contribution in [-0.4, -0.2) is 43.8 Å². The Morgan fingerprint density at radius 1 is 1.20 bits per heavy atom. The zero-order valence-electron chi connectivity index (χ0n) is 13.8. The number of nitrogens with zero attached hydrogens (tertiary/aromatic N) is 1. The summed E-state index contributed by atoms with van der Waals surface area (Å²) in [5, 5.41) is 11.9. The molecule has 1 aromatic rings. The molecule has 1 aromatic carbocycles. The Morgan fingerprint density at radius 3 is 2.36 bits per heavy atom. The highest BCUT2D eigenvalue weighted by molar-refractivity contribution is 7.89. The second kappa shape index (κ2) is 7.55. The number of carboxylic acids is 1. The van der Waals surface area contributed by atoms with Gasteiger partial charge in [-0.05, 0) is 31.0 Å². The Bertz CT molecular complexity index is 820. The third-order valence-electron chi connectivity index (χ3n) is 4.04. The van der Waals surface area contributed by atoms with Crippen LogP contribution in [0.2, 0.25) is 5.02 Å². The average Bonchev–Trinajstić information content (AvgIpc) is 2.56. The third kappa shape index (κ3) is 4.20. The van der Waals surface area contributed by atoms with E-state index in [2.05, 4.69) is 5.32 Å². The predicted octanol–water partition coefficient (Wildman–Crippen LogP) is 2.20. The molecule has 2 N–H and O–H groups in total. The fourth-order valence-corrected chi connectivity index (χ4v) is 3.98. The number of hydrogen-bond donors (Lipinski definition) is 2. The van der Waals surface area contributed by atoms with Crippen molar-refractivity contribution in [2.24, 2.45) is 11.8 Å². The minimum atomic E-state index is -3.77. The first kappa shape index (κ1) is 19.4. The molecule has 0 spiro atoms. The van der Waals surface area contributed by atoms with Crippen LogP contribution in [0.4, 0.5) is 5.69 Å². The monoisotopic (exact) mass is 386 g/mol. The third-order valence-corrected chi connectivity index (χ3v) is 6.34. The summed E-state index contributed by atoms with van der Waals surface area (Å²) in [6, 6.07) is 4.12. The highest BCUT2D eigenvalue weighted by Gasteiger charge is 2.34. The number of rotatable bonds is 5. The molecule has 1 aliphatic rings. The maximum atomic E-state index is 12.5. The molecule has 0 aromatic heterocycles. The fraction of sp³-hybridized carbons (Fsp3) is 0.375. The van der Waals surface area contributed by atoms with Crippen molar-refractivity contribution in [2.45, 2.75) is 17.7 Å². The number of carbonyl (C=O) groups excluding carboxylic acids is 1. The zero-order chi connectivity index (χ0) is 18.8. The molecule has 0 heterocycles. The Hall–Kier alpha value is -1.90. The van der Waals surface area contributed by atoms with E-state index in [4.69, 9.17) is 11.6 Å². The number of carbonyl (C=O) groups is 2. The molecule has 7 nitrogen and oxygen atoms in total. The average molecular weight is 387 g/mol. The van der Waals surface area contributed by atoms with Crippen LogP contribution in [0, 0.1) is 11.8 Å². The smallest absolute Gasteiger partial charge is 0.307 e. The summed E-state index contributed by atoms with van der Waals surface area (Å²) in [5.41, 5.74) is 0.244. The summed E-state index contributed by atoms with van der Waals surface area (Å²) in [6.07, 6.45) is 4.12. The van der Waals surface area contributed by atoms with Gasteiger partial charge >= 0.3 is 5.97 Å². The van der Waals surface area contributed by atoms with Crippen molar-refractivity contribution < 1.29 is 23.1 Å². The van der Waals surface area contributed by atoms with Crippen LogP contribution in [0.3, 0.4) is 0 Å². The van der Waals surface area contributed by atoms with E-state index < -0.39 is 33.7 Å². The Balaban J connectivity index is 2.27. The van der Waals surface area contributed by atoms with E-state index in [9.17, 15) is 23.1 Å². The largest absolute Gasteiger partial charge is 0.481 e. The second-order valence-corrected chi connectivity index (χ2v) is 8.44. The van der Waals surface area contributed by atoms with E-state index in [0.717, 1.165) is 4.31 Å². The van der Waals surface area contributed by atoms with Crippen molar-refractivity contribution in [3.63, 3.8) is 0 Å². The van der Waals surface area contributed by atoms with Gasteiger partial charge < -0.3 is 10.4 Å². The molecule has 2 unspecified atom stereocenters. The highest BCUT2D eigenvalue weighted by Crippen LogP contribution is 2.30. The maximum absolute atomic E-state index is 12.5. The topological polar surface area (TPSA) is 104 Å². The number of sulfonamides is 1. The Labute approximate surface area is 151 Å². The van der Waals surface area contributed by atoms with Gasteiger partial charge in [0.2, 0.25) is 15.9 Å². The molecule has 0 radical (unpaired) electrons. The highest BCUT2D eigenvalue weighted by atomic mass is 35.5. The first-order chi connectivity index (χ1) is 11.6. The molecule has 0 saturated heterocycles. The summed E-state index contributed by atoms with van der Waals surface area (Å²) in [4.78, 5) is 23.6. The number of allylic oxidation sites excluding steroid dienone is 2. The summed E-state index contributed by atoms with van der Waals surface area (Å²) in [5.74, 6) is -3.02. The zero-order valence-corrected chi connectivity index (χ0v) is 15.3. The molecule has 2 rings (SSSR count). The van der Waals surface area contributed by atoms with Gasteiger partial charge in [-0.3, -0.25) is 9.59 Å². The molecular weight excluding hydrogens is 368 g/mol. The number of halogens is 1. The van der Waals surface area contributed by atoms with Crippen molar-refractivity contribution in [3.8, 4) is 0 Å². The van der Waals surface area contributed by atoms with Crippen LogP contribution < -0.4 is 5.32 Å². The molecule has 0 fully saturated rings. The lowest BCUT2D eigenvalue weighted by molar-refractivity contribution is -0.146. The maximum Gasteiger partial charge on any atom is 0.307 e. The number of hydrogen-bond acceptors (Lipinski definition) is 4. The minimum absolute atomic E-state index is 0.0377. The van der Waals surface area contributed by atoms with E-state index in [-0.39, 0.29) is 22.0 Å². The van der Waals surface area contributed by atoms with Gasteiger partial charge in [-0.1, -0.05) is 23.8 Å². The normalized spacial score (nSPS) is 20.5. The van der Waals surface area contributed by atoms with Crippen molar-refractivity contribution in [1.29, 1.82) is 0 Å². The van der Waals surface area contributed by atoms with Crippen molar-refractivity contribution in [2.75, 3.05) is 19.4 Å². The number of amides is 1. The van der Waals surface area contributed by atoms with Gasteiger partial charge in [0.05, 0.1) is 16.9 Å². The SMILES string of the molecule is CN(C)S(=O)(=O)c1cc(NC(=O)C2CC=CCC2C(=O)O)ccc1Cl. The minimum Gasteiger partial charge on any atom is -0.481 e. The molecule has 136 valence electrons. The molecule has 9 heteroatoms. The van der Waals surface area contributed by atoms with Crippen molar-refractivity contribution in [3.05, 3.63) is 35.4 Å². The molecule has 2 atom stereocenters. The van der Waals surface area contributed by atoms with Crippen LogP contribution in [-0.2, 0) is 19.6 Å². The number of aliphatic carboxylic acids is 1. The standard InChI is InChI=1S/C16H19ClN2O5S/c1-19(2)25(23,24)14-9-10(7-8-13(14)17)18-15(20)11-5-3-4-6-12(11)16(21)22/h3-4,7-9,11-12H,5-6H2,1-2H3,(H,18,20)(H,21,22). The van der Waals surface area contributed by atoms with Gasteiger partial charge in [-0.2, -0.15) is 0 Å². The molecule has 0 bridgehead atoms. The van der Waals surface area contributed by atoms with E-state index in [1.807, 2.05) is 0 Å². The number of carboxylic acid groups (broad SMARTS) is 1. The van der Waals surface area contributed by atoms with E-state index in [0.29, 0.717) is 6.42 Å². The fourth-order valence-electron chi connectivity index (χ4n) is 2.59. The van der Waals surface area contributed by atoms with Crippen LogP contribution >= 0.6 is 11.6 Å². The Kier molecular flexibility index (Phi) is 5.87. The van der Waals surface area contributed by atoms with Crippen molar-refractivity contribution in [1.82, 2.24) is 4.31 Å². The molecule has 25 heavy (non-hydrogen) atoms. The summed E-state index contributed by atoms with van der Waals surface area (Å²) in [6.45, 7) is 0. The predicted molar refractivity (Wildman–Crippen MR) is 93.9 cm³/mol. The quantitative estimate of drug-likeness (QED) is 0.755.